The summed E-state index contributed by atoms with van der Waals surface area (Å²) in [6, 6.07) is 13.6. The van der Waals surface area contributed by atoms with Crippen LogP contribution in [0.15, 0.2) is 48.7 Å². The molecule has 0 fully saturated rings. The van der Waals surface area contributed by atoms with Crippen LogP contribution in [0.3, 0.4) is 0 Å². The molecule has 0 atom stereocenters. The number of anilines is 2. The third kappa shape index (κ3) is 3.94. The van der Waals surface area contributed by atoms with Crippen LogP contribution in [0.4, 0.5) is 15.6 Å². The SMILES string of the molecule is Cc1c[nH+]c(NC(=O)Nc2cccc3ccccc23)s1.O.[Cl-]. The molecule has 0 saturated heterocycles. The van der Waals surface area contributed by atoms with E-state index in [1.165, 1.54) is 11.3 Å². The first kappa shape index (κ1) is 17.9. The van der Waals surface area contributed by atoms with E-state index in [2.05, 4.69) is 15.6 Å². The van der Waals surface area contributed by atoms with Gasteiger partial charge in [0.05, 0.1) is 5.69 Å². The van der Waals surface area contributed by atoms with E-state index >= 15 is 0 Å². The van der Waals surface area contributed by atoms with Gasteiger partial charge in [-0.25, -0.2) is 9.78 Å². The number of benzene rings is 2. The number of halogens is 1. The van der Waals surface area contributed by atoms with Crippen LogP contribution in [0.5, 0.6) is 0 Å². The van der Waals surface area contributed by atoms with Crippen molar-refractivity contribution < 1.29 is 27.7 Å². The summed E-state index contributed by atoms with van der Waals surface area (Å²) in [7, 11) is 0. The van der Waals surface area contributed by atoms with Gasteiger partial charge in [0.25, 0.3) is 0 Å². The molecule has 3 rings (SSSR count). The summed E-state index contributed by atoms with van der Waals surface area (Å²) in [5, 5.41) is 8.52. The van der Waals surface area contributed by atoms with Crippen LogP contribution in [0, 0.1) is 6.92 Å². The van der Waals surface area contributed by atoms with E-state index in [9.17, 15) is 4.79 Å². The minimum atomic E-state index is -0.251. The van der Waals surface area contributed by atoms with Crippen LogP contribution < -0.4 is 28.0 Å². The number of thiazole rings is 1. The molecule has 1 aromatic heterocycles. The molecular formula is C15H16ClN3O2S. The van der Waals surface area contributed by atoms with Crippen LogP contribution in [0.25, 0.3) is 10.8 Å². The molecule has 5 nitrogen and oxygen atoms in total. The number of carbonyl (C=O) groups excluding carboxylic acids is 1. The number of hydrogen-bond donors (Lipinski definition) is 2. The molecule has 2 aromatic carbocycles. The molecule has 0 radical (unpaired) electrons. The van der Waals surface area contributed by atoms with E-state index in [-0.39, 0.29) is 23.9 Å². The number of hydrogen-bond acceptors (Lipinski definition) is 2. The second-order valence-electron chi connectivity index (χ2n) is 4.44. The fourth-order valence-electron chi connectivity index (χ4n) is 2.04. The Morgan fingerprint density at radius 1 is 1.09 bits per heavy atom. The van der Waals surface area contributed by atoms with Gasteiger partial charge in [-0.15, -0.1) is 0 Å². The number of aromatic nitrogens is 1. The molecule has 0 aliphatic carbocycles. The Hall–Kier alpha value is -2.15. The molecule has 5 N–H and O–H groups in total. The number of aryl methyl sites for hydroxylation is 1. The third-order valence-corrected chi connectivity index (χ3v) is 3.80. The molecule has 0 aliphatic heterocycles. The van der Waals surface area contributed by atoms with Gasteiger partial charge in [0.1, 0.15) is 6.20 Å². The predicted molar refractivity (Wildman–Crippen MR) is 85.8 cm³/mol. The van der Waals surface area contributed by atoms with Crippen molar-refractivity contribution in [2.75, 3.05) is 10.6 Å². The van der Waals surface area contributed by atoms with Gasteiger partial charge in [0.2, 0.25) is 0 Å². The van der Waals surface area contributed by atoms with Crippen molar-refractivity contribution in [3.05, 3.63) is 53.5 Å². The van der Waals surface area contributed by atoms with Gasteiger partial charge in [0, 0.05) is 10.3 Å². The average Bonchev–Trinajstić information content (AvgIpc) is 2.84. The topological polar surface area (TPSA) is 86.8 Å². The zero-order chi connectivity index (χ0) is 13.9. The number of rotatable bonds is 2. The summed E-state index contributed by atoms with van der Waals surface area (Å²) in [4.78, 5) is 16.1. The summed E-state index contributed by atoms with van der Waals surface area (Å²) in [5.74, 6) is 0. The molecule has 0 spiro atoms. The Kier molecular flexibility index (Phi) is 6.30. The summed E-state index contributed by atoms with van der Waals surface area (Å²) >= 11 is 1.50. The Balaban J connectivity index is 0.00000121. The standard InChI is InChI=1S/C15H13N3OS.ClH.H2O/c1-10-9-16-15(20-10)18-14(19)17-13-8-4-6-11-5-2-3-7-12(11)13;;/h2-9H,1H3,(H2,16,17,18,19);1H;1H2. The number of fused-ring (bicyclic) bond motifs is 1. The summed E-state index contributed by atoms with van der Waals surface area (Å²) in [6.45, 7) is 1.98. The highest BCUT2D eigenvalue weighted by Gasteiger charge is 2.13. The second-order valence-corrected chi connectivity index (χ2v) is 5.69. The highest BCUT2D eigenvalue weighted by Crippen LogP contribution is 2.23. The Bertz CT molecular complexity index is 771. The largest absolute Gasteiger partial charge is 1.00 e. The second kappa shape index (κ2) is 7.74. The molecular weight excluding hydrogens is 322 g/mol. The van der Waals surface area contributed by atoms with Gasteiger partial charge in [-0.05, 0) is 18.4 Å². The number of nitrogens with one attached hydrogen (secondary N) is 3. The van der Waals surface area contributed by atoms with E-state index in [1.807, 2.05) is 55.6 Å². The predicted octanol–water partition coefficient (Wildman–Crippen LogP) is -0.153. The number of aromatic amines is 1. The normalized spacial score (nSPS) is 9.50. The number of urea groups is 1. The fourth-order valence-corrected chi connectivity index (χ4v) is 2.74. The Morgan fingerprint density at radius 3 is 2.55 bits per heavy atom. The van der Waals surface area contributed by atoms with Crippen molar-refractivity contribution in [2.24, 2.45) is 0 Å². The van der Waals surface area contributed by atoms with Crippen molar-refractivity contribution in [1.82, 2.24) is 0 Å². The van der Waals surface area contributed by atoms with Gasteiger partial charge in [-0.1, -0.05) is 47.7 Å². The van der Waals surface area contributed by atoms with Crippen molar-refractivity contribution in [3.63, 3.8) is 0 Å². The number of carbonyl (C=O) groups is 1. The maximum atomic E-state index is 12.0. The molecule has 116 valence electrons. The zero-order valence-electron chi connectivity index (χ0n) is 11.8. The maximum Gasteiger partial charge on any atom is 0.411 e. The molecule has 2 amide bonds. The van der Waals surface area contributed by atoms with Gasteiger partial charge in [-0.2, -0.15) is 5.32 Å². The van der Waals surface area contributed by atoms with E-state index in [0.29, 0.717) is 0 Å². The van der Waals surface area contributed by atoms with Crippen molar-refractivity contribution >= 4 is 39.0 Å². The lowest BCUT2D eigenvalue weighted by molar-refractivity contribution is -0.354. The van der Waals surface area contributed by atoms with Crippen LogP contribution in [-0.4, -0.2) is 11.5 Å². The lowest BCUT2D eigenvalue weighted by atomic mass is 10.1. The van der Waals surface area contributed by atoms with Gasteiger partial charge < -0.3 is 17.9 Å². The quantitative estimate of drug-likeness (QED) is 0.669. The number of H-pyrrole nitrogens is 1. The zero-order valence-corrected chi connectivity index (χ0v) is 13.4. The fraction of sp³-hybridized carbons (Fsp3) is 0.0667. The van der Waals surface area contributed by atoms with Crippen molar-refractivity contribution in [3.8, 4) is 0 Å². The summed E-state index contributed by atoms with van der Waals surface area (Å²) in [5.41, 5.74) is 0.800. The third-order valence-electron chi connectivity index (χ3n) is 2.93. The minimum absolute atomic E-state index is 0. The highest BCUT2D eigenvalue weighted by molar-refractivity contribution is 7.15. The van der Waals surface area contributed by atoms with E-state index in [4.69, 9.17) is 0 Å². The molecule has 0 saturated carbocycles. The molecule has 7 heteroatoms. The Labute approximate surface area is 138 Å². The van der Waals surface area contributed by atoms with E-state index < -0.39 is 0 Å². The maximum absolute atomic E-state index is 12.0. The average molecular weight is 338 g/mol. The van der Waals surface area contributed by atoms with E-state index in [1.54, 1.807) is 0 Å². The molecule has 0 aliphatic rings. The van der Waals surface area contributed by atoms with Crippen molar-refractivity contribution in [1.29, 1.82) is 0 Å². The lowest BCUT2D eigenvalue weighted by Gasteiger charge is -2.06. The van der Waals surface area contributed by atoms with Gasteiger partial charge in [-0.3, -0.25) is 5.32 Å². The number of amides is 2. The van der Waals surface area contributed by atoms with Crippen LogP contribution >= 0.6 is 11.3 Å². The lowest BCUT2D eigenvalue weighted by Crippen LogP contribution is -3.00. The van der Waals surface area contributed by atoms with Crippen molar-refractivity contribution in [2.45, 2.75) is 6.92 Å². The van der Waals surface area contributed by atoms with Gasteiger partial charge >= 0.3 is 11.2 Å². The van der Waals surface area contributed by atoms with Gasteiger partial charge in [0.15, 0.2) is 0 Å². The first-order valence-corrected chi connectivity index (χ1v) is 7.08. The first-order chi connectivity index (χ1) is 9.72. The first-order valence-electron chi connectivity index (χ1n) is 6.26. The molecule has 22 heavy (non-hydrogen) atoms. The molecule has 0 bridgehead atoms. The van der Waals surface area contributed by atoms with E-state index in [0.717, 1.165) is 26.5 Å². The minimum Gasteiger partial charge on any atom is -1.00 e. The van der Waals surface area contributed by atoms with Crippen LogP contribution in [0.2, 0.25) is 0 Å². The highest BCUT2D eigenvalue weighted by atomic mass is 35.5. The van der Waals surface area contributed by atoms with Crippen LogP contribution in [0.1, 0.15) is 4.88 Å². The molecule has 1 heterocycles. The van der Waals surface area contributed by atoms with Crippen LogP contribution in [-0.2, 0) is 0 Å². The monoisotopic (exact) mass is 337 g/mol. The summed E-state index contributed by atoms with van der Waals surface area (Å²) in [6.07, 6.45) is 1.86. The Morgan fingerprint density at radius 2 is 1.82 bits per heavy atom. The molecule has 0 unspecified atom stereocenters. The smallest absolute Gasteiger partial charge is 0.411 e. The summed E-state index contributed by atoms with van der Waals surface area (Å²) < 4.78 is 0. The molecule has 3 aromatic rings.